The highest BCUT2D eigenvalue weighted by atomic mass is 16.2. The fourth-order valence-corrected chi connectivity index (χ4v) is 5.25. The number of imide groups is 2. The van der Waals surface area contributed by atoms with Gasteiger partial charge in [0.05, 0.1) is 0 Å². The number of hydrogen-bond donors (Lipinski definition) is 3. The normalized spacial score (nSPS) is 25.1. The van der Waals surface area contributed by atoms with E-state index >= 15 is 0 Å². The van der Waals surface area contributed by atoms with Gasteiger partial charge in [-0.05, 0) is 55.7 Å². The summed E-state index contributed by atoms with van der Waals surface area (Å²) in [5.74, 6) is -1.94. The van der Waals surface area contributed by atoms with E-state index in [-0.39, 0.29) is 0 Å². The predicted molar refractivity (Wildman–Crippen MR) is 128 cm³/mol. The molecule has 2 atom stereocenters. The van der Waals surface area contributed by atoms with Gasteiger partial charge < -0.3 is 10.6 Å². The zero-order chi connectivity index (χ0) is 25.5. The van der Waals surface area contributed by atoms with E-state index in [9.17, 15) is 24.0 Å². The van der Waals surface area contributed by atoms with Crippen LogP contribution in [-0.4, -0.2) is 51.8 Å². The SMILES string of the molecule is C[C@@]1(CCc2ccccc2)NC(=O)N(NC(=O)CN2C(=O)N[C@]3(CCCc4ccccc43)C2=O)C1=O. The van der Waals surface area contributed by atoms with Crippen LogP contribution in [0, 0.1) is 0 Å². The molecule has 3 aliphatic rings. The molecule has 0 unspecified atom stereocenters. The maximum atomic E-state index is 13.4. The average molecular weight is 490 g/mol. The highest BCUT2D eigenvalue weighted by molar-refractivity contribution is 6.11. The molecule has 7 amide bonds. The maximum absolute atomic E-state index is 13.4. The first-order valence-electron chi connectivity index (χ1n) is 12.0. The zero-order valence-electron chi connectivity index (χ0n) is 19.9. The Bertz CT molecular complexity index is 1260. The molecule has 3 N–H and O–H groups in total. The Hall–Kier alpha value is -4.21. The van der Waals surface area contributed by atoms with Crippen LogP contribution in [0.2, 0.25) is 0 Å². The van der Waals surface area contributed by atoms with Crippen molar-refractivity contribution in [1.29, 1.82) is 0 Å². The van der Waals surface area contributed by atoms with Crippen LogP contribution in [0.15, 0.2) is 54.6 Å². The second-order valence-corrected chi connectivity index (χ2v) is 9.66. The van der Waals surface area contributed by atoms with Gasteiger partial charge in [-0.3, -0.25) is 24.7 Å². The summed E-state index contributed by atoms with van der Waals surface area (Å²) in [6.45, 7) is 0.983. The fourth-order valence-electron chi connectivity index (χ4n) is 5.25. The molecule has 0 bridgehead atoms. The largest absolute Gasteiger partial charge is 0.344 e. The number of amides is 7. The van der Waals surface area contributed by atoms with Crippen LogP contribution in [0.25, 0.3) is 0 Å². The van der Waals surface area contributed by atoms with Gasteiger partial charge >= 0.3 is 12.1 Å². The Labute approximate surface area is 208 Å². The van der Waals surface area contributed by atoms with Crippen LogP contribution < -0.4 is 16.1 Å². The first-order chi connectivity index (χ1) is 17.2. The van der Waals surface area contributed by atoms with Gasteiger partial charge in [-0.15, -0.1) is 0 Å². The summed E-state index contributed by atoms with van der Waals surface area (Å²) in [6, 6.07) is 15.5. The second-order valence-electron chi connectivity index (χ2n) is 9.66. The topological polar surface area (TPSA) is 128 Å². The van der Waals surface area contributed by atoms with Crippen LogP contribution in [0.1, 0.15) is 42.9 Å². The summed E-state index contributed by atoms with van der Waals surface area (Å²) >= 11 is 0. The number of fused-ring (bicyclic) bond motifs is 2. The Kier molecular flexibility index (Phi) is 5.74. The lowest BCUT2D eigenvalue weighted by atomic mass is 9.76. The molecule has 0 saturated carbocycles. The average Bonchev–Trinajstić information content (AvgIpc) is 3.23. The second kappa shape index (κ2) is 8.78. The van der Waals surface area contributed by atoms with Gasteiger partial charge in [-0.25, -0.2) is 9.59 Å². The summed E-state index contributed by atoms with van der Waals surface area (Å²) < 4.78 is 0. The van der Waals surface area contributed by atoms with Crippen molar-refractivity contribution in [1.82, 2.24) is 26.0 Å². The lowest BCUT2D eigenvalue weighted by molar-refractivity contribution is -0.141. The van der Waals surface area contributed by atoms with E-state index < -0.39 is 47.4 Å². The molecule has 0 aromatic heterocycles. The summed E-state index contributed by atoms with van der Waals surface area (Å²) in [7, 11) is 0. The van der Waals surface area contributed by atoms with Crippen LogP contribution in [0.5, 0.6) is 0 Å². The number of hydrazine groups is 1. The molecule has 1 aliphatic carbocycles. The van der Waals surface area contributed by atoms with E-state index in [1.807, 2.05) is 54.6 Å². The molecule has 2 aromatic carbocycles. The Morgan fingerprint density at radius 3 is 2.44 bits per heavy atom. The van der Waals surface area contributed by atoms with Crippen LogP contribution in [0.3, 0.4) is 0 Å². The Morgan fingerprint density at radius 1 is 0.944 bits per heavy atom. The van der Waals surface area contributed by atoms with Crippen LogP contribution in [-0.2, 0) is 32.8 Å². The number of carbonyl (C=O) groups excluding carboxylic acids is 5. The van der Waals surface area contributed by atoms with Gasteiger partial charge in [0.2, 0.25) is 0 Å². The van der Waals surface area contributed by atoms with Gasteiger partial charge in [-0.2, -0.15) is 5.01 Å². The molecule has 5 rings (SSSR count). The van der Waals surface area contributed by atoms with Crippen molar-refractivity contribution in [3.05, 3.63) is 71.3 Å². The van der Waals surface area contributed by atoms with Crippen molar-refractivity contribution in [2.24, 2.45) is 0 Å². The first kappa shape index (κ1) is 23.5. The van der Waals surface area contributed by atoms with E-state index in [1.165, 1.54) is 0 Å². The van der Waals surface area contributed by atoms with E-state index in [0.717, 1.165) is 28.0 Å². The van der Waals surface area contributed by atoms with E-state index in [2.05, 4.69) is 16.1 Å². The zero-order valence-corrected chi connectivity index (χ0v) is 19.9. The van der Waals surface area contributed by atoms with Gasteiger partial charge in [0.1, 0.15) is 17.6 Å². The van der Waals surface area contributed by atoms with E-state index in [4.69, 9.17) is 0 Å². The van der Waals surface area contributed by atoms with Crippen molar-refractivity contribution in [3.8, 4) is 0 Å². The quantitative estimate of drug-likeness (QED) is 0.533. The van der Waals surface area contributed by atoms with E-state index in [1.54, 1.807) is 6.92 Å². The van der Waals surface area contributed by atoms with Crippen molar-refractivity contribution in [2.45, 2.75) is 50.1 Å². The highest BCUT2D eigenvalue weighted by Crippen LogP contribution is 2.39. The minimum atomic E-state index is -1.21. The molecule has 10 heteroatoms. The summed E-state index contributed by atoms with van der Waals surface area (Å²) in [5, 5.41) is 6.04. The standard InChI is InChI=1S/C26H27N5O5/c1-25(15-13-17-8-3-2-4-9-17)21(33)31(24(36)27-25)29-20(32)16-30-22(34)26(28-23(30)35)14-7-11-18-10-5-6-12-19(18)26/h2-6,8-10,12H,7,11,13-16H2,1H3,(H,27,36)(H,28,35)(H,29,32)/t25-,26-/m0/s1. The van der Waals surface area contributed by atoms with E-state index in [0.29, 0.717) is 30.7 Å². The Morgan fingerprint density at radius 2 is 1.67 bits per heavy atom. The summed E-state index contributed by atoms with van der Waals surface area (Å²) in [4.78, 5) is 65.3. The highest BCUT2D eigenvalue weighted by Gasteiger charge is 2.54. The molecule has 2 heterocycles. The maximum Gasteiger partial charge on any atom is 0.344 e. The summed E-state index contributed by atoms with van der Waals surface area (Å²) in [6.07, 6.45) is 2.84. The smallest absolute Gasteiger partial charge is 0.322 e. The minimum Gasteiger partial charge on any atom is -0.322 e. The molecule has 2 aromatic rings. The fraction of sp³-hybridized carbons (Fsp3) is 0.346. The molecule has 1 spiro atoms. The Balaban J connectivity index is 1.25. The number of benzene rings is 2. The van der Waals surface area contributed by atoms with Gasteiger partial charge in [0, 0.05) is 0 Å². The summed E-state index contributed by atoms with van der Waals surface area (Å²) in [5.41, 5.74) is 2.60. The third-order valence-electron chi connectivity index (χ3n) is 7.21. The third kappa shape index (κ3) is 3.88. The van der Waals surface area contributed by atoms with Crippen molar-refractivity contribution in [3.63, 3.8) is 0 Å². The lowest BCUT2D eigenvalue weighted by Gasteiger charge is -2.33. The molecule has 36 heavy (non-hydrogen) atoms. The predicted octanol–water partition coefficient (Wildman–Crippen LogP) is 1.74. The number of aryl methyl sites for hydroxylation is 2. The van der Waals surface area contributed by atoms with Crippen molar-refractivity contribution in [2.75, 3.05) is 6.54 Å². The molecule has 186 valence electrons. The van der Waals surface area contributed by atoms with Crippen molar-refractivity contribution >= 4 is 29.8 Å². The number of nitrogens with one attached hydrogen (secondary N) is 3. The molecular formula is C26H27N5O5. The molecular weight excluding hydrogens is 462 g/mol. The van der Waals surface area contributed by atoms with Gasteiger partial charge in [-0.1, -0.05) is 54.6 Å². The van der Waals surface area contributed by atoms with Gasteiger partial charge in [0.15, 0.2) is 0 Å². The molecule has 2 aliphatic heterocycles. The minimum absolute atomic E-state index is 0.336. The number of hydrogen-bond acceptors (Lipinski definition) is 5. The van der Waals surface area contributed by atoms with Gasteiger partial charge in [0.25, 0.3) is 17.7 Å². The molecule has 10 nitrogen and oxygen atoms in total. The number of rotatable bonds is 6. The molecule has 2 saturated heterocycles. The molecule has 0 radical (unpaired) electrons. The third-order valence-corrected chi connectivity index (χ3v) is 7.21. The number of carbonyl (C=O) groups is 5. The van der Waals surface area contributed by atoms with Crippen LogP contribution in [0.4, 0.5) is 9.59 Å². The molecule has 2 fully saturated rings. The monoisotopic (exact) mass is 489 g/mol. The van der Waals surface area contributed by atoms with Crippen molar-refractivity contribution < 1.29 is 24.0 Å². The first-order valence-corrected chi connectivity index (χ1v) is 12.0. The number of nitrogens with zero attached hydrogens (tertiary/aromatic N) is 2. The number of urea groups is 2. The lowest BCUT2D eigenvalue weighted by Crippen LogP contribution is -2.52. The van der Waals surface area contributed by atoms with Crippen LogP contribution >= 0.6 is 0 Å².